The Bertz CT molecular complexity index is 489. The molecule has 0 saturated carbocycles. The van der Waals surface area contributed by atoms with Gasteiger partial charge < -0.3 is 44.5 Å². The van der Waals surface area contributed by atoms with Crippen molar-refractivity contribution in [1.29, 1.82) is 0 Å². The van der Waals surface area contributed by atoms with Crippen LogP contribution < -0.4 is 0 Å². The fourth-order valence-corrected chi connectivity index (χ4v) is 1.80. The molecule has 3 atom stereocenters. The molecule has 12 nitrogen and oxygen atoms in total. The van der Waals surface area contributed by atoms with Gasteiger partial charge in [-0.15, -0.1) is 0 Å². The molecule has 0 heterocycles. The summed E-state index contributed by atoms with van der Waals surface area (Å²) < 4.78 is 19.5. The first kappa shape index (κ1) is 27.8. The molecule has 0 aliphatic rings. The molecule has 0 rings (SSSR count). The van der Waals surface area contributed by atoms with Gasteiger partial charge in [-0.25, -0.2) is 0 Å². The van der Waals surface area contributed by atoms with E-state index >= 15 is 0 Å². The maximum atomic E-state index is 11.3. The van der Waals surface area contributed by atoms with Crippen molar-refractivity contribution in [2.24, 2.45) is 0 Å². The van der Waals surface area contributed by atoms with Gasteiger partial charge in [-0.05, 0) is 0 Å². The lowest BCUT2D eigenvalue weighted by atomic mass is 10.3. The van der Waals surface area contributed by atoms with Crippen molar-refractivity contribution >= 4 is 17.9 Å². The second-order valence-corrected chi connectivity index (χ2v) is 6.36. The molecule has 174 valence electrons. The summed E-state index contributed by atoms with van der Waals surface area (Å²) in [5.74, 6) is -2.64. The van der Waals surface area contributed by atoms with E-state index in [-0.39, 0.29) is 71.1 Å². The Morgan fingerprint density at radius 3 is 1.37 bits per heavy atom. The van der Waals surface area contributed by atoms with E-state index in [1.807, 2.05) is 0 Å². The normalized spacial score (nSPS) is 13.8. The van der Waals surface area contributed by atoms with Crippen molar-refractivity contribution < 1.29 is 58.9 Å². The van der Waals surface area contributed by atoms with Crippen molar-refractivity contribution in [3.8, 4) is 0 Å². The molecule has 0 fully saturated rings. The Hall–Kier alpha value is -2.25. The summed E-state index contributed by atoms with van der Waals surface area (Å²) in [6, 6.07) is 0. The third-order valence-corrected chi connectivity index (χ3v) is 3.28. The molecule has 0 amide bonds. The molecular formula is C18H30O12. The van der Waals surface area contributed by atoms with E-state index in [0.717, 1.165) is 0 Å². The van der Waals surface area contributed by atoms with Crippen LogP contribution in [0, 0.1) is 0 Å². The van der Waals surface area contributed by atoms with Gasteiger partial charge in [0.1, 0.15) is 31.5 Å². The van der Waals surface area contributed by atoms with Crippen LogP contribution in [0.15, 0.2) is 12.3 Å². The maximum absolute atomic E-state index is 11.3. The molecule has 0 bridgehead atoms. The van der Waals surface area contributed by atoms with Crippen LogP contribution >= 0.6 is 0 Å². The minimum absolute atomic E-state index is 0.0631. The fraction of sp³-hybridized carbons (Fsp3) is 0.722. The monoisotopic (exact) mass is 438 g/mol. The van der Waals surface area contributed by atoms with E-state index < -0.39 is 36.2 Å². The fourth-order valence-electron chi connectivity index (χ4n) is 1.80. The van der Waals surface area contributed by atoms with Crippen molar-refractivity contribution in [3.63, 3.8) is 0 Å². The van der Waals surface area contributed by atoms with Crippen LogP contribution in [-0.2, 0) is 33.3 Å². The maximum Gasteiger partial charge on any atom is 0.306 e. The Labute approximate surface area is 173 Å². The number of hydrogen-bond acceptors (Lipinski definition) is 11. The van der Waals surface area contributed by atoms with Gasteiger partial charge in [0.15, 0.2) is 0 Å². The first-order valence-electron chi connectivity index (χ1n) is 9.19. The predicted molar refractivity (Wildman–Crippen MR) is 99.4 cm³/mol. The van der Waals surface area contributed by atoms with Gasteiger partial charge in [-0.1, -0.05) is 6.58 Å². The van der Waals surface area contributed by atoms with E-state index in [0.29, 0.717) is 0 Å². The van der Waals surface area contributed by atoms with E-state index in [9.17, 15) is 29.7 Å². The minimum Gasteiger partial charge on any atom is -0.513 e. The molecule has 0 aliphatic carbocycles. The van der Waals surface area contributed by atoms with Gasteiger partial charge in [-0.2, -0.15) is 0 Å². The molecule has 12 heteroatoms. The lowest BCUT2D eigenvalue weighted by Crippen LogP contribution is -2.30. The number of carboxylic acid groups (broad SMARTS) is 1. The third kappa shape index (κ3) is 17.8. The molecule has 3 unspecified atom stereocenters. The van der Waals surface area contributed by atoms with Gasteiger partial charge in [0.2, 0.25) is 0 Å². The summed E-state index contributed by atoms with van der Waals surface area (Å²) in [7, 11) is 0. The number of esters is 2. The number of aliphatic carboxylic acids is 1. The zero-order valence-electron chi connectivity index (χ0n) is 16.6. The minimum atomic E-state index is -1.15. The highest BCUT2D eigenvalue weighted by Crippen LogP contribution is 2.01. The number of ether oxygens (including phenoxy) is 4. The van der Waals surface area contributed by atoms with E-state index in [4.69, 9.17) is 24.4 Å². The van der Waals surface area contributed by atoms with Gasteiger partial charge in [-0.3, -0.25) is 14.4 Å². The highest BCUT2D eigenvalue weighted by Gasteiger charge is 2.14. The van der Waals surface area contributed by atoms with Crippen LogP contribution in [0.4, 0.5) is 0 Å². The van der Waals surface area contributed by atoms with Crippen LogP contribution in [0.5, 0.6) is 0 Å². The number of rotatable bonds is 18. The first-order valence-corrected chi connectivity index (χ1v) is 9.19. The Morgan fingerprint density at radius 2 is 1.00 bits per heavy atom. The van der Waals surface area contributed by atoms with Gasteiger partial charge in [0, 0.05) is 6.42 Å². The van der Waals surface area contributed by atoms with Gasteiger partial charge in [0.25, 0.3) is 0 Å². The number of hydrogen-bond donors (Lipinski definition) is 5. The van der Waals surface area contributed by atoms with E-state index in [2.05, 4.69) is 11.3 Å². The van der Waals surface area contributed by atoms with Crippen molar-refractivity contribution in [2.75, 3.05) is 39.6 Å². The molecule has 0 aromatic carbocycles. The van der Waals surface area contributed by atoms with Gasteiger partial charge in [0.05, 0.1) is 51.4 Å². The summed E-state index contributed by atoms with van der Waals surface area (Å²) in [5.41, 5.74) is 0. The van der Waals surface area contributed by atoms with Crippen molar-refractivity contribution in [2.45, 2.75) is 44.0 Å². The summed E-state index contributed by atoms with van der Waals surface area (Å²) in [6.07, 6.45) is -3.97. The van der Waals surface area contributed by atoms with Crippen molar-refractivity contribution in [1.82, 2.24) is 0 Å². The lowest BCUT2D eigenvalue weighted by molar-refractivity contribution is -0.151. The lowest BCUT2D eigenvalue weighted by Gasteiger charge is -2.16. The number of allylic oxidation sites excluding steroid dienone is 1. The summed E-state index contributed by atoms with van der Waals surface area (Å²) >= 11 is 0. The second-order valence-electron chi connectivity index (χ2n) is 6.36. The number of carbonyl (C=O) groups is 3. The second kappa shape index (κ2) is 16.5. The standard InChI is InChI=1S/C18H30O12/c1-12(19)2-4-17(25)29-10-14(21)8-27-6-13(20)7-28-9-15(22)11-30-18(26)5-3-16(23)24/h13-15,19-22H,1-11H2,(H,23,24). The summed E-state index contributed by atoms with van der Waals surface area (Å²) in [4.78, 5) is 32.8. The smallest absolute Gasteiger partial charge is 0.306 e. The molecule has 0 aromatic heterocycles. The quantitative estimate of drug-likeness (QED) is 0.129. The number of aliphatic hydroxyl groups excluding tert-OH is 4. The molecule has 5 N–H and O–H groups in total. The summed E-state index contributed by atoms with van der Waals surface area (Å²) in [5, 5.41) is 46.2. The van der Waals surface area contributed by atoms with Crippen molar-refractivity contribution in [3.05, 3.63) is 12.3 Å². The molecule has 0 aliphatic heterocycles. The number of aliphatic hydroxyl groups is 4. The topological polar surface area (TPSA) is 189 Å². The molecule has 0 radical (unpaired) electrons. The highest BCUT2D eigenvalue weighted by atomic mass is 16.6. The Morgan fingerprint density at radius 1 is 0.633 bits per heavy atom. The van der Waals surface area contributed by atoms with E-state index in [1.165, 1.54) is 0 Å². The largest absolute Gasteiger partial charge is 0.513 e. The van der Waals surface area contributed by atoms with Crippen LogP contribution in [0.1, 0.15) is 25.7 Å². The zero-order valence-corrected chi connectivity index (χ0v) is 16.6. The van der Waals surface area contributed by atoms with Crippen LogP contribution in [0.3, 0.4) is 0 Å². The van der Waals surface area contributed by atoms with Gasteiger partial charge >= 0.3 is 17.9 Å². The highest BCUT2D eigenvalue weighted by molar-refractivity contribution is 5.76. The Balaban J connectivity index is 3.71. The number of carboxylic acids is 1. The van der Waals surface area contributed by atoms with Crippen LogP contribution in [0.2, 0.25) is 0 Å². The third-order valence-electron chi connectivity index (χ3n) is 3.28. The summed E-state index contributed by atoms with van der Waals surface area (Å²) in [6.45, 7) is 1.74. The molecule has 30 heavy (non-hydrogen) atoms. The average molecular weight is 438 g/mol. The zero-order chi connectivity index (χ0) is 22.9. The average Bonchev–Trinajstić information content (AvgIpc) is 2.67. The molecule has 0 saturated heterocycles. The number of carbonyl (C=O) groups excluding carboxylic acids is 2. The molecule has 0 aromatic rings. The first-order chi connectivity index (χ1) is 14.1. The molecular weight excluding hydrogens is 408 g/mol. The van der Waals surface area contributed by atoms with Crippen LogP contribution in [-0.4, -0.2) is 101 Å². The van der Waals surface area contributed by atoms with E-state index in [1.54, 1.807) is 0 Å². The molecule has 0 spiro atoms. The Kier molecular flexibility index (Phi) is 15.3. The predicted octanol–water partition coefficient (Wildman–Crippen LogP) is -1.09. The SMILES string of the molecule is C=C(O)CCC(=O)OCC(O)COCC(O)COCC(O)COC(=O)CCC(=O)O. The van der Waals surface area contributed by atoms with Crippen LogP contribution in [0.25, 0.3) is 0 Å².